The van der Waals surface area contributed by atoms with E-state index in [2.05, 4.69) is 54.7 Å². The molecule has 0 fully saturated rings. The number of hydrogen-bond donors (Lipinski definition) is 0. The highest BCUT2D eigenvalue weighted by atomic mass is 13.7. The number of allylic oxidation sites excluding steroid dienone is 4. The Morgan fingerprint density at radius 2 is 1.05 bits per heavy atom. The van der Waals surface area contributed by atoms with Gasteiger partial charge in [-0.25, -0.2) is 0 Å². The molecule has 0 heteroatoms. The molecule has 0 heterocycles. The third kappa shape index (κ3) is 919. The minimum absolute atomic E-state index is 0.833. The van der Waals surface area contributed by atoms with Gasteiger partial charge in [0.1, 0.15) is 0 Å². The molecule has 0 aromatic heterocycles. The molecular formula is C20H44. The van der Waals surface area contributed by atoms with Crippen molar-refractivity contribution in [1.82, 2.24) is 0 Å². The summed E-state index contributed by atoms with van der Waals surface area (Å²) in [5.74, 6) is 0.833. The van der Waals surface area contributed by atoms with E-state index in [1.807, 2.05) is 45.9 Å². The maximum Gasteiger partial charge on any atom is -0.0382 e. The maximum atomic E-state index is 3.56. The van der Waals surface area contributed by atoms with Gasteiger partial charge in [-0.3, -0.25) is 0 Å². The van der Waals surface area contributed by atoms with E-state index in [0.717, 1.165) is 12.3 Å². The number of rotatable bonds is 2. The van der Waals surface area contributed by atoms with Crippen LogP contribution in [-0.4, -0.2) is 0 Å². The average Bonchev–Trinajstić information content (AvgIpc) is 2.37. The minimum Gasteiger partial charge on any atom is -0.103 e. The monoisotopic (exact) mass is 284 g/mol. The van der Waals surface area contributed by atoms with Crippen LogP contribution in [0.2, 0.25) is 0 Å². The predicted octanol–water partition coefficient (Wildman–Crippen LogP) is 8.22. The molecule has 0 nitrogen and oxygen atoms in total. The zero-order valence-electron chi connectivity index (χ0n) is 16.3. The van der Waals surface area contributed by atoms with Crippen molar-refractivity contribution in [2.24, 2.45) is 5.92 Å². The first-order valence-electron chi connectivity index (χ1n) is 8.01. The fourth-order valence-electron chi connectivity index (χ4n) is 0. The molecule has 0 aromatic carbocycles. The van der Waals surface area contributed by atoms with Crippen molar-refractivity contribution in [2.75, 3.05) is 0 Å². The van der Waals surface area contributed by atoms with Gasteiger partial charge in [-0.1, -0.05) is 78.2 Å². The molecule has 0 spiro atoms. The molecule has 0 aliphatic rings. The lowest BCUT2D eigenvalue weighted by Gasteiger charge is -1.79. The van der Waals surface area contributed by atoms with E-state index in [-0.39, 0.29) is 0 Å². The van der Waals surface area contributed by atoms with E-state index in [9.17, 15) is 0 Å². The van der Waals surface area contributed by atoms with Crippen LogP contribution >= 0.6 is 0 Å². The van der Waals surface area contributed by atoms with Crippen LogP contribution in [0.3, 0.4) is 0 Å². The topological polar surface area (TPSA) is 0 Å². The zero-order chi connectivity index (χ0) is 17.4. The maximum absolute atomic E-state index is 3.56. The van der Waals surface area contributed by atoms with Crippen LogP contribution in [0.25, 0.3) is 0 Å². The van der Waals surface area contributed by atoms with E-state index in [4.69, 9.17) is 0 Å². The van der Waals surface area contributed by atoms with Crippen molar-refractivity contribution in [1.29, 1.82) is 0 Å². The standard InChI is InChI=1S/C4H10.C4H8.C4H10.2C4H8/c2*1-4(2)3;3*1-3-4-2/h4H,1-3H3;1H2,2-3H3;3-4H2,1-2H3;3-4H,1-2H3;3H,1,4H2,2H3. The summed E-state index contributed by atoms with van der Waals surface area (Å²) in [6.45, 7) is 27.9. The van der Waals surface area contributed by atoms with Gasteiger partial charge in [0.15, 0.2) is 0 Å². The summed E-state index contributed by atoms with van der Waals surface area (Å²) in [4.78, 5) is 0. The van der Waals surface area contributed by atoms with Crippen molar-refractivity contribution in [3.63, 3.8) is 0 Å². The van der Waals surface area contributed by atoms with Crippen molar-refractivity contribution >= 4 is 0 Å². The third-order valence-corrected chi connectivity index (χ3v) is 1.12. The van der Waals surface area contributed by atoms with Gasteiger partial charge in [0, 0.05) is 0 Å². The Morgan fingerprint density at radius 1 is 0.900 bits per heavy atom. The van der Waals surface area contributed by atoms with Gasteiger partial charge < -0.3 is 0 Å². The molecule has 0 bridgehead atoms. The van der Waals surface area contributed by atoms with E-state index >= 15 is 0 Å². The fourth-order valence-corrected chi connectivity index (χ4v) is 0. The van der Waals surface area contributed by atoms with Crippen molar-refractivity contribution in [3.05, 3.63) is 37.0 Å². The number of unbranched alkanes of at least 4 members (excludes halogenated alkanes) is 1. The molecular weight excluding hydrogens is 240 g/mol. The summed E-state index contributed by atoms with van der Waals surface area (Å²) in [7, 11) is 0. The number of hydrogen-bond acceptors (Lipinski definition) is 0. The Kier molecular flexibility index (Phi) is 67.7. The van der Waals surface area contributed by atoms with Crippen LogP contribution in [-0.2, 0) is 0 Å². The van der Waals surface area contributed by atoms with Gasteiger partial charge >= 0.3 is 0 Å². The molecule has 0 rings (SSSR count). The summed E-state index contributed by atoms with van der Waals surface area (Å²) in [6.07, 6.45) is 9.60. The lowest BCUT2D eigenvalue weighted by molar-refractivity contribution is 0.737. The van der Waals surface area contributed by atoms with E-state index < -0.39 is 0 Å². The molecule has 0 amide bonds. The van der Waals surface area contributed by atoms with E-state index in [1.54, 1.807) is 0 Å². The smallest absolute Gasteiger partial charge is 0.0382 e. The summed E-state index contributed by atoms with van der Waals surface area (Å²) < 4.78 is 0. The van der Waals surface area contributed by atoms with E-state index in [0.29, 0.717) is 0 Å². The quantitative estimate of drug-likeness (QED) is 0.448. The second kappa shape index (κ2) is 42.9. The highest BCUT2D eigenvalue weighted by Crippen LogP contribution is 1.81. The highest BCUT2D eigenvalue weighted by Gasteiger charge is 1.68. The Morgan fingerprint density at radius 3 is 1.05 bits per heavy atom. The van der Waals surface area contributed by atoms with Gasteiger partial charge in [-0.2, -0.15) is 0 Å². The molecule has 0 aliphatic carbocycles. The molecule has 124 valence electrons. The SMILES string of the molecule is C=C(C)C.C=CCC.CC(C)C.CC=CC.CCCC. The Balaban J connectivity index is -0.0000000469. The Hall–Kier alpha value is -0.780. The first kappa shape index (κ1) is 31.6. The van der Waals surface area contributed by atoms with Crippen molar-refractivity contribution in [2.45, 2.75) is 88.5 Å². The van der Waals surface area contributed by atoms with Gasteiger partial charge in [-0.15, -0.1) is 13.2 Å². The Labute approximate surface area is 132 Å². The lowest BCUT2D eigenvalue weighted by atomic mass is 10.3. The summed E-state index contributed by atoms with van der Waals surface area (Å²) >= 11 is 0. The lowest BCUT2D eigenvalue weighted by Crippen LogP contribution is -1.66. The van der Waals surface area contributed by atoms with Crippen LogP contribution in [0.1, 0.15) is 88.5 Å². The van der Waals surface area contributed by atoms with Gasteiger partial charge in [0.25, 0.3) is 0 Å². The first-order chi connectivity index (χ1) is 9.21. The minimum atomic E-state index is 0.833. The van der Waals surface area contributed by atoms with Crippen LogP contribution < -0.4 is 0 Å². The van der Waals surface area contributed by atoms with Crippen molar-refractivity contribution < 1.29 is 0 Å². The first-order valence-corrected chi connectivity index (χ1v) is 8.01. The molecule has 0 saturated carbocycles. The largest absolute Gasteiger partial charge is 0.103 e. The second-order valence-electron chi connectivity index (χ2n) is 5.30. The molecule has 0 aliphatic heterocycles. The molecule has 0 atom stereocenters. The van der Waals surface area contributed by atoms with Crippen LogP contribution in [0, 0.1) is 5.92 Å². The average molecular weight is 285 g/mol. The van der Waals surface area contributed by atoms with Crippen molar-refractivity contribution in [3.8, 4) is 0 Å². The highest BCUT2D eigenvalue weighted by molar-refractivity contribution is 4.78. The Bertz CT molecular complexity index is 148. The molecule has 0 aromatic rings. The summed E-state index contributed by atoms with van der Waals surface area (Å²) in [6, 6.07) is 0. The van der Waals surface area contributed by atoms with Gasteiger partial charge in [0.05, 0.1) is 0 Å². The fraction of sp³-hybridized carbons (Fsp3) is 0.700. The summed E-state index contributed by atoms with van der Waals surface area (Å²) in [5.41, 5.74) is 1.17. The zero-order valence-corrected chi connectivity index (χ0v) is 16.3. The van der Waals surface area contributed by atoms with E-state index in [1.165, 1.54) is 18.4 Å². The molecule has 0 saturated heterocycles. The molecule has 0 N–H and O–H groups in total. The molecule has 0 radical (unpaired) electrons. The van der Waals surface area contributed by atoms with Crippen LogP contribution in [0.4, 0.5) is 0 Å². The van der Waals surface area contributed by atoms with Gasteiger partial charge in [-0.05, 0) is 40.0 Å². The van der Waals surface area contributed by atoms with Crippen LogP contribution in [0.15, 0.2) is 37.0 Å². The molecule has 0 unspecified atom stereocenters. The van der Waals surface area contributed by atoms with Gasteiger partial charge in [0.2, 0.25) is 0 Å². The second-order valence-corrected chi connectivity index (χ2v) is 5.30. The van der Waals surface area contributed by atoms with Crippen LogP contribution in [0.5, 0.6) is 0 Å². The predicted molar refractivity (Wildman–Crippen MR) is 103 cm³/mol. The third-order valence-electron chi connectivity index (χ3n) is 1.12. The normalized spacial score (nSPS) is 7.75. The summed E-state index contributed by atoms with van der Waals surface area (Å²) in [5, 5.41) is 0. The molecule has 20 heavy (non-hydrogen) atoms.